The molecule has 2 rings (SSSR count). The summed E-state index contributed by atoms with van der Waals surface area (Å²) in [5.41, 5.74) is 0. The average molecular weight is 287 g/mol. The number of ether oxygens (including phenoxy) is 1. The number of nitrogens with one attached hydrogen (secondary N) is 1. The molecule has 2 heterocycles. The highest BCUT2D eigenvalue weighted by molar-refractivity contribution is 5.83. The normalized spacial score (nSPS) is 27.6. The zero-order chi connectivity index (χ0) is 14.5. The van der Waals surface area contributed by atoms with Crippen LogP contribution in [0, 0.1) is 0 Å². The van der Waals surface area contributed by atoms with Crippen molar-refractivity contribution in [3.05, 3.63) is 0 Å². The van der Waals surface area contributed by atoms with Crippen molar-refractivity contribution in [2.24, 2.45) is 0 Å². The monoisotopic (exact) mass is 287 g/mol. The first-order chi connectivity index (χ1) is 9.58. The van der Waals surface area contributed by atoms with Gasteiger partial charge >= 0.3 is 12.0 Å². The Balaban J connectivity index is 1.74. The highest BCUT2D eigenvalue weighted by Crippen LogP contribution is 2.17. The average Bonchev–Trinajstić information content (AvgIpc) is 2.82. The van der Waals surface area contributed by atoms with E-state index in [1.165, 1.54) is 4.90 Å². The van der Waals surface area contributed by atoms with Gasteiger partial charge in [-0.05, 0) is 0 Å². The van der Waals surface area contributed by atoms with Crippen LogP contribution in [0.25, 0.3) is 0 Å². The summed E-state index contributed by atoms with van der Waals surface area (Å²) < 4.78 is 5.23. The first kappa shape index (κ1) is 15.0. The van der Waals surface area contributed by atoms with Crippen LogP contribution >= 0.6 is 0 Å². The van der Waals surface area contributed by atoms with Crippen molar-refractivity contribution in [2.75, 3.05) is 45.9 Å². The van der Waals surface area contributed by atoms with E-state index in [1.807, 2.05) is 0 Å². The number of morpholine rings is 1. The second-order valence-electron chi connectivity index (χ2n) is 5.08. The SMILES string of the molecule is O=C(O)[C@@H]1CC(O)CN1C(=O)NCCN1CCOCC1. The van der Waals surface area contributed by atoms with Crippen molar-refractivity contribution in [1.82, 2.24) is 15.1 Å². The largest absolute Gasteiger partial charge is 0.480 e. The number of aliphatic carboxylic acids is 1. The fourth-order valence-corrected chi connectivity index (χ4v) is 2.52. The van der Waals surface area contributed by atoms with Gasteiger partial charge in [0.1, 0.15) is 6.04 Å². The summed E-state index contributed by atoms with van der Waals surface area (Å²) in [6.07, 6.45) is -0.673. The van der Waals surface area contributed by atoms with Gasteiger partial charge in [0.25, 0.3) is 0 Å². The van der Waals surface area contributed by atoms with Crippen molar-refractivity contribution in [3.8, 4) is 0 Å². The molecule has 2 atom stereocenters. The molecule has 0 bridgehead atoms. The van der Waals surface area contributed by atoms with Crippen LogP contribution in [0.15, 0.2) is 0 Å². The van der Waals surface area contributed by atoms with E-state index in [2.05, 4.69) is 10.2 Å². The summed E-state index contributed by atoms with van der Waals surface area (Å²) in [6, 6.07) is -1.37. The first-order valence-electron chi connectivity index (χ1n) is 6.83. The summed E-state index contributed by atoms with van der Waals surface area (Å²) in [6.45, 7) is 4.33. The standard InChI is InChI=1S/C12H21N3O5/c16-9-7-10(11(17)18)15(8-9)12(19)13-1-2-14-3-5-20-6-4-14/h9-10,16H,1-8H2,(H,13,19)(H,17,18)/t9?,10-/m0/s1. The predicted octanol–water partition coefficient (Wildman–Crippen LogP) is -1.45. The third-order valence-electron chi connectivity index (χ3n) is 3.63. The zero-order valence-electron chi connectivity index (χ0n) is 11.3. The Morgan fingerprint density at radius 1 is 1.30 bits per heavy atom. The molecule has 8 nitrogen and oxygen atoms in total. The molecule has 2 aliphatic heterocycles. The molecule has 2 aliphatic rings. The summed E-state index contributed by atoms with van der Waals surface area (Å²) in [5.74, 6) is -1.08. The molecule has 1 unspecified atom stereocenters. The van der Waals surface area contributed by atoms with E-state index in [1.54, 1.807) is 0 Å². The maximum Gasteiger partial charge on any atom is 0.326 e. The topological polar surface area (TPSA) is 102 Å². The number of amides is 2. The number of aliphatic hydroxyl groups excluding tert-OH is 1. The Labute approximate surface area is 117 Å². The van der Waals surface area contributed by atoms with E-state index in [4.69, 9.17) is 9.84 Å². The van der Waals surface area contributed by atoms with E-state index in [9.17, 15) is 14.7 Å². The fourth-order valence-electron chi connectivity index (χ4n) is 2.52. The number of hydrogen-bond donors (Lipinski definition) is 3. The summed E-state index contributed by atoms with van der Waals surface area (Å²) in [7, 11) is 0. The number of carboxylic acid groups (broad SMARTS) is 1. The van der Waals surface area contributed by atoms with Crippen molar-refractivity contribution < 1.29 is 24.5 Å². The van der Waals surface area contributed by atoms with Crippen molar-refractivity contribution in [2.45, 2.75) is 18.6 Å². The number of urea groups is 1. The van der Waals surface area contributed by atoms with Crippen LogP contribution in [0.2, 0.25) is 0 Å². The number of β-amino-alcohol motifs (C(OH)–C–C–N with tert-alkyl or cyclic N) is 1. The molecule has 0 aromatic carbocycles. The lowest BCUT2D eigenvalue weighted by Crippen LogP contribution is -2.48. The highest BCUT2D eigenvalue weighted by Gasteiger charge is 2.38. The predicted molar refractivity (Wildman–Crippen MR) is 69.4 cm³/mol. The highest BCUT2D eigenvalue weighted by atomic mass is 16.5. The molecule has 20 heavy (non-hydrogen) atoms. The number of rotatable bonds is 4. The minimum atomic E-state index is -1.08. The lowest BCUT2D eigenvalue weighted by molar-refractivity contribution is -0.141. The maximum absolute atomic E-state index is 11.9. The smallest absolute Gasteiger partial charge is 0.326 e. The second kappa shape index (κ2) is 6.87. The van der Waals surface area contributed by atoms with Gasteiger partial charge in [-0.1, -0.05) is 0 Å². The third kappa shape index (κ3) is 3.81. The Morgan fingerprint density at radius 2 is 2.00 bits per heavy atom. The molecule has 0 saturated carbocycles. The number of hydrogen-bond acceptors (Lipinski definition) is 5. The van der Waals surface area contributed by atoms with Crippen LogP contribution in [-0.2, 0) is 9.53 Å². The molecule has 0 radical (unpaired) electrons. The van der Waals surface area contributed by atoms with Gasteiger partial charge in [-0.15, -0.1) is 0 Å². The number of likely N-dealkylation sites (tertiary alicyclic amines) is 1. The molecule has 0 aliphatic carbocycles. The van der Waals surface area contributed by atoms with Gasteiger partial charge in [0.05, 0.1) is 19.3 Å². The van der Waals surface area contributed by atoms with Crippen LogP contribution in [-0.4, -0.2) is 90.1 Å². The summed E-state index contributed by atoms with van der Waals surface area (Å²) in [4.78, 5) is 26.3. The summed E-state index contributed by atoms with van der Waals surface area (Å²) in [5, 5.41) is 21.2. The van der Waals surface area contributed by atoms with E-state index in [-0.39, 0.29) is 13.0 Å². The molecule has 8 heteroatoms. The molecule has 3 N–H and O–H groups in total. The molecule has 0 aromatic heterocycles. The summed E-state index contributed by atoms with van der Waals surface area (Å²) >= 11 is 0. The third-order valence-corrected chi connectivity index (χ3v) is 3.63. The molecule has 0 spiro atoms. The minimum absolute atomic E-state index is 0.0698. The molecular formula is C12H21N3O5. The van der Waals surface area contributed by atoms with E-state index in [0.717, 1.165) is 13.1 Å². The number of aliphatic hydroxyl groups is 1. The molecular weight excluding hydrogens is 266 g/mol. The quantitative estimate of drug-likeness (QED) is 0.584. The van der Waals surface area contributed by atoms with Gasteiger partial charge in [0, 0.05) is 39.1 Å². The van der Waals surface area contributed by atoms with Gasteiger partial charge in [-0.2, -0.15) is 0 Å². The Kier molecular flexibility index (Phi) is 5.16. The van der Waals surface area contributed by atoms with Crippen molar-refractivity contribution in [1.29, 1.82) is 0 Å². The van der Waals surface area contributed by atoms with Crippen molar-refractivity contribution in [3.63, 3.8) is 0 Å². The van der Waals surface area contributed by atoms with Gasteiger partial charge in [0.2, 0.25) is 0 Å². The van der Waals surface area contributed by atoms with E-state index < -0.39 is 24.1 Å². The Morgan fingerprint density at radius 3 is 2.65 bits per heavy atom. The van der Waals surface area contributed by atoms with E-state index >= 15 is 0 Å². The van der Waals surface area contributed by atoms with E-state index in [0.29, 0.717) is 26.3 Å². The fraction of sp³-hybridized carbons (Fsp3) is 0.833. The molecule has 0 aromatic rings. The van der Waals surface area contributed by atoms with Crippen LogP contribution in [0.3, 0.4) is 0 Å². The van der Waals surface area contributed by atoms with Crippen LogP contribution in [0.5, 0.6) is 0 Å². The number of nitrogens with zero attached hydrogens (tertiary/aromatic N) is 2. The lowest BCUT2D eigenvalue weighted by Gasteiger charge is -2.27. The number of carboxylic acids is 1. The van der Waals surface area contributed by atoms with Gasteiger partial charge in [-0.3, -0.25) is 4.90 Å². The van der Waals surface area contributed by atoms with Crippen LogP contribution in [0.4, 0.5) is 4.79 Å². The maximum atomic E-state index is 11.9. The van der Waals surface area contributed by atoms with Gasteiger partial charge < -0.3 is 25.2 Å². The second-order valence-corrected chi connectivity index (χ2v) is 5.08. The van der Waals surface area contributed by atoms with Crippen LogP contribution in [0.1, 0.15) is 6.42 Å². The molecule has 2 saturated heterocycles. The molecule has 2 fully saturated rings. The van der Waals surface area contributed by atoms with Crippen molar-refractivity contribution >= 4 is 12.0 Å². The first-order valence-corrected chi connectivity index (χ1v) is 6.83. The number of carbonyl (C=O) groups excluding carboxylic acids is 1. The minimum Gasteiger partial charge on any atom is -0.480 e. The zero-order valence-corrected chi connectivity index (χ0v) is 11.3. The van der Waals surface area contributed by atoms with Gasteiger partial charge in [-0.25, -0.2) is 9.59 Å². The van der Waals surface area contributed by atoms with Gasteiger partial charge in [0.15, 0.2) is 0 Å². The van der Waals surface area contributed by atoms with Crippen LogP contribution < -0.4 is 5.32 Å². The molecule has 114 valence electrons. The lowest BCUT2D eigenvalue weighted by atomic mass is 10.2. The molecule has 2 amide bonds. The Hall–Kier alpha value is -1.38. The number of carbonyl (C=O) groups is 2. The Bertz CT molecular complexity index is 359.